The first kappa shape index (κ1) is 17.5. The van der Waals surface area contributed by atoms with Crippen LogP contribution in [0.2, 0.25) is 0 Å². The zero-order valence-electron chi connectivity index (χ0n) is 15.3. The molecule has 5 heteroatoms. The largest absolute Gasteiger partial charge is 0.342 e. The van der Waals surface area contributed by atoms with Gasteiger partial charge in [-0.1, -0.05) is 12.8 Å². The molecule has 0 radical (unpaired) electrons. The van der Waals surface area contributed by atoms with E-state index in [0.29, 0.717) is 24.4 Å². The molecule has 1 aromatic rings. The Morgan fingerprint density at radius 3 is 2.62 bits per heavy atom. The lowest BCUT2D eigenvalue weighted by atomic mass is 9.97. The van der Waals surface area contributed by atoms with Crippen molar-refractivity contribution in [2.75, 3.05) is 32.7 Å². The molecule has 0 unspecified atom stereocenters. The van der Waals surface area contributed by atoms with Crippen LogP contribution in [-0.4, -0.2) is 58.0 Å². The van der Waals surface area contributed by atoms with Gasteiger partial charge in [-0.25, -0.2) is 4.98 Å². The number of amides is 1. The highest BCUT2D eigenvalue weighted by atomic mass is 16.2. The number of aromatic nitrogens is 2. The highest BCUT2D eigenvalue weighted by Crippen LogP contribution is 2.27. The van der Waals surface area contributed by atoms with E-state index in [1.807, 2.05) is 6.20 Å². The molecule has 5 nitrogen and oxygen atoms in total. The van der Waals surface area contributed by atoms with Gasteiger partial charge in [-0.15, -0.1) is 0 Å². The van der Waals surface area contributed by atoms with Crippen molar-refractivity contribution in [3.05, 3.63) is 18.2 Å². The summed E-state index contributed by atoms with van der Waals surface area (Å²) < 4.78 is 2.28. The molecule has 2 aliphatic rings. The minimum absolute atomic E-state index is 0.324. The maximum Gasteiger partial charge on any atom is 0.236 e. The molecular weight excluding hydrogens is 300 g/mol. The minimum Gasteiger partial charge on any atom is -0.342 e. The highest BCUT2D eigenvalue weighted by molar-refractivity contribution is 5.78. The van der Waals surface area contributed by atoms with Crippen LogP contribution in [-0.2, 0) is 4.79 Å². The normalized spacial score (nSPS) is 23.5. The van der Waals surface area contributed by atoms with Crippen molar-refractivity contribution in [1.29, 1.82) is 0 Å². The summed E-state index contributed by atoms with van der Waals surface area (Å²) in [6.07, 6.45) is 11.2. The molecule has 0 aliphatic carbocycles. The van der Waals surface area contributed by atoms with Gasteiger partial charge in [-0.05, 0) is 46.1 Å². The van der Waals surface area contributed by atoms with Gasteiger partial charge in [0.15, 0.2) is 0 Å². The molecule has 1 amide bonds. The lowest BCUT2D eigenvalue weighted by Gasteiger charge is -2.34. The van der Waals surface area contributed by atoms with Gasteiger partial charge in [0.2, 0.25) is 5.91 Å². The van der Waals surface area contributed by atoms with Gasteiger partial charge in [-0.3, -0.25) is 9.69 Å². The van der Waals surface area contributed by atoms with E-state index in [1.165, 1.54) is 37.9 Å². The van der Waals surface area contributed by atoms with E-state index in [9.17, 15) is 4.79 Å². The predicted octanol–water partition coefficient (Wildman–Crippen LogP) is 3.05. The van der Waals surface area contributed by atoms with Crippen molar-refractivity contribution in [3.63, 3.8) is 0 Å². The first-order valence-corrected chi connectivity index (χ1v) is 9.68. The summed E-state index contributed by atoms with van der Waals surface area (Å²) in [4.78, 5) is 21.7. The molecule has 0 spiro atoms. The van der Waals surface area contributed by atoms with Crippen LogP contribution in [0, 0.1) is 0 Å². The average Bonchev–Trinajstić information content (AvgIpc) is 2.91. The Balaban J connectivity index is 1.59. The molecule has 2 saturated heterocycles. The third kappa shape index (κ3) is 4.18. The van der Waals surface area contributed by atoms with Gasteiger partial charge >= 0.3 is 0 Å². The maximum atomic E-state index is 12.7. The minimum atomic E-state index is 0.324. The van der Waals surface area contributed by atoms with Crippen LogP contribution >= 0.6 is 0 Å². The number of carbonyl (C=O) groups is 1. The number of nitrogens with zero attached hydrogens (tertiary/aromatic N) is 4. The number of rotatable bonds is 4. The quantitative estimate of drug-likeness (QED) is 0.851. The molecule has 0 N–H and O–H groups in total. The molecule has 0 bridgehead atoms. The molecule has 3 rings (SSSR count). The van der Waals surface area contributed by atoms with Crippen LogP contribution in [0.3, 0.4) is 0 Å². The lowest BCUT2D eigenvalue weighted by molar-refractivity contribution is -0.132. The van der Waals surface area contributed by atoms with E-state index >= 15 is 0 Å². The molecule has 0 aromatic carbocycles. The molecule has 1 atom stereocenters. The Kier molecular flexibility index (Phi) is 5.93. The smallest absolute Gasteiger partial charge is 0.236 e. The molecule has 134 valence electrons. The standard InChI is InChI=1S/C19H32N4O/c1-16(2)23-13-9-20-19(23)17-8-7-10-21(14-17)15-18(24)22-11-5-3-4-6-12-22/h9,13,16-17H,3-8,10-12,14-15H2,1-2H3/t17-/m0/s1. The average molecular weight is 332 g/mol. The van der Waals surface area contributed by atoms with Crippen LogP contribution in [0.25, 0.3) is 0 Å². The third-order valence-electron chi connectivity index (χ3n) is 5.44. The molecule has 24 heavy (non-hydrogen) atoms. The summed E-state index contributed by atoms with van der Waals surface area (Å²) in [6.45, 7) is 8.89. The molecular formula is C19H32N4O. The molecule has 2 aliphatic heterocycles. The zero-order valence-corrected chi connectivity index (χ0v) is 15.3. The molecule has 1 aromatic heterocycles. The van der Waals surface area contributed by atoms with E-state index in [-0.39, 0.29) is 0 Å². The summed E-state index contributed by atoms with van der Waals surface area (Å²) in [5.41, 5.74) is 0. The van der Waals surface area contributed by atoms with Crippen molar-refractivity contribution in [2.24, 2.45) is 0 Å². The topological polar surface area (TPSA) is 41.4 Å². The van der Waals surface area contributed by atoms with Gasteiger partial charge in [0.1, 0.15) is 5.82 Å². The van der Waals surface area contributed by atoms with Crippen molar-refractivity contribution in [3.8, 4) is 0 Å². The first-order valence-electron chi connectivity index (χ1n) is 9.68. The van der Waals surface area contributed by atoms with Gasteiger partial charge in [0, 0.05) is 44.0 Å². The summed E-state index contributed by atoms with van der Waals surface area (Å²) in [5, 5.41) is 0. The van der Waals surface area contributed by atoms with Crippen LogP contribution in [0.4, 0.5) is 0 Å². The Bertz CT molecular complexity index is 531. The van der Waals surface area contributed by atoms with Crippen molar-refractivity contribution in [2.45, 2.75) is 64.3 Å². The third-order valence-corrected chi connectivity index (χ3v) is 5.44. The monoisotopic (exact) mass is 332 g/mol. The second kappa shape index (κ2) is 8.15. The number of likely N-dealkylation sites (tertiary alicyclic amines) is 2. The van der Waals surface area contributed by atoms with E-state index < -0.39 is 0 Å². The highest BCUT2D eigenvalue weighted by Gasteiger charge is 2.27. The number of imidazole rings is 1. The maximum absolute atomic E-state index is 12.7. The first-order chi connectivity index (χ1) is 11.6. The van der Waals surface area contributed by atoms with Gasteiger partial charge in [-0.2, -0.15) is 0 Å². The fourth-order valence-corrected chi connectivity index (χ4v) is 4.10. The zero-order chi connectivity index (χ0) is 16.9. The molecule has 0 saturated carbocycles. The SMILES string of the molecule is CC(C)n1ccnc1[C@H]1CCCN(CC(=O)N2CCCCCC2)C1. The van der Waals surface area contributed by atoms with Gasteiger partial charge < -0.3 is 9.47 Å². The van der Waals surface area contributed by atoms with Gasteiger partial charge in [0.05, 0.1) is 6.54 Å². The lowest BCUT2D eigenvalue weighted by Crippen LogP contribution is -2.44. The van der Waals surface area contributed by atoms with E-state index in [2.05, 4.69) is 39.4 Å². The number of piperidine rings is 1. The Labute approximate surface area is 146 Å². The van der Waals surface area contributed by atoms with E-state index in [4.69, 9.17) is 0 Å². The van der Waals surface area contributed by atoms with Crippen molar-refractivity contribution >= 4 is 5.91 Å². The fraction of sp³-hybridized carbons (Fsp3) is 0.789. The van der Waals surface area contributed by atoms with Crippen LogP contribution < -0.4 is 0 Å². The fourth-order valence-electron chi connectivity index (χ4n) is 4.10. The second-order valence-electron chi connectivity index (χ2n) is 7.66. The van der Waals surface area contributed by atoms with E-state index in [1.54, 1.807) is 0 Å². The van der Waals surface area contributed by atoms with Crippen LogP contribution in [0.15, 0.2) is 12.4 Å². The van der Waals surface area contributed by atoms with Crippen molar-refractivity contribution < 1.29 is 4.79 Å². The van der Waals surface area contributed by atoms with Crippen molar-refractivity contribution in [1.82, 2.24) is 19.4 Å². The van der Waals surface area contributed by atoms with Gasteiger partial charge in [0.25, 0.3) is 0 Å². The Morgan fingerprint density at radius 2 is 1.92 bits per heavy atom. The summed E-state index contributed by atoms with van der Waals surface area (Å²) >= 11 is 0. The number of hydrogen-bond acceptors (Lipinski definition) is 3. The molecule has 3 heterocycles. The summed E-state index contributed by atoms with van der Waals surface area (Å²) in [6, 6.07) is 0.441. The van der Waals surface area contributed by atoms with Crippen LogP contribution in [0.1, 0.15) is 70.2 Å². The van der Waals surface area contributed by atoms with Crippen LogP contribution in [0.5, 0.6) is 0 Å². The second-order valence-corrected chi connectivity index (χ2v) is 7.66. The number of carbonyl (C=O) groups excluding carboxylic acids is 1. The Hall–Kier alpha value is -1.36. The molecule has 2 fully saturated rings. The summed E-state index contributed by atoms with van der Waals surface area (Å²) in [5.74, 6) is 1.97. The summed E-state index contributed by atoms with van der Waals surface area (Å²) in [7, 11) is 0. The van der Waals surface area contributed by atoms with E-state index in [0.717, 1.165) is 32.6 Å². The Morgan fingerprint density at radius 1 is 1.17 bits per heavy atom. The predicted molar refractivity (Wildman–Crippen MR) is 96.1 cm³/mol. The number of hydrogen-bond donors (Lipinski definition) is 0.